The Morgan fingerprint density at radius 1 is 1.24 bits per heavy atom. The molecule has 0 spiro atoms. The fourth-order valence-corrected chi connectivity index (χ4v) is 7.34. The lowest BCUT2D eigenvalue weighted by atomic mass is 10.1. The van der Waals surface area contributed by atoms with Gasteiger partial charge in [-0.2, -0.15) is 5.26 Å². The number of hydrogen-bond acceptors (Lipinski definition) is 8. The number of nitriles is 1. The average Bonchev–Trinajstić information content (AvgIpc) is 3.39. The van der Waals surface area contributed by atoms with Crippen LogP contribution in [0.4, 0.5) is 5.00 Å². The number of thiophene rings is 2. The van der Waals surface area contributed by atoms with E-state index >= 15 is 0 Å². The summed E-state index contributed by atoms with van der Waals surface area (Å²) in [5.41, 5.74) is 1.72. The number of nitrogens with two attached hydrogens (primary N) is 1. The first-order valence-electron chi connectivity index (χ1n) is 10.4. The van der Waals surface area contributed by atoms with Crippen molar-refractivity contribution >= 4 is 67.0 Å². The number of aryl methyl sites for hydroxylation is 1. The van der Waals surface area contributed by atoms with Gasteiger partial charge in [-0.25, -0.2) is 4.68 Å². The number of amides is 1. The van der Waals surface area contributed by atoms with Crippen LogP contribution in [0.5, 0.6) is 0 Å². The first-order chi connectivity index (χ1) is 16.1. The van der Waals surface area contributed by atoms with Crippen LogP contribution >= 0.6 is 46.0 Å². The van der Waals surface area contributed by atoms with Crippen LogP contribution in [0.3, 0.4) is 0 Å². The third kappa shape index (κ3) is 4.22. The number of aromatic nitrogens is 3. The van der Waals surface area contributed by atoms with Crippen molar-refractivity contribution in [2.75, 3.05) is 16.9 Å². The molecule has 3 aromatic heterocycles. The molecule has 0 atom stereocenters. The van der Waals surface area contributed by atoms with E-state index < -0.39 is 0 Å². The summed E-state index contributed by atoms with van der Waals surface area (Å²) in [6.07, 6.45) is 5.26. The van der Waals surface area contributed by atoms with E-state index in [1.807, 2.05) is 24.3 Å². The fourth-order valence-electron chi connectivity index (χ4n) is 3.93. The van der Waals surface area contributed by atoms with Crippen molar-refractivity contribution in [1.82, 2.24) is 14.9 Å². The number of fused-ring (bicyclic) bond motifs is 2. The summed E-state index contributed by atoms with van der Waals surface area (Å²) in [6, 6.07) is 10.1. The van der Waals surface area contributed by atoms with Crippen molar-refractivity contribution in [3.8, 4) is 16.8 Å². The monoisotopic (exact) mass is 514 g/mol. The molecule has 0 unspecified atom stereocenters. The minimum Gasteiger partial charge on any atom is -0.335 e. The van der Waals surface area contributed by atoms with Crippen molar-refractivity contribution < 1.29 is 4.79 Å². The molecule has 0 bridgehead atoms. The Labute approximate surface area is 207 Å². The average molecular weight is 515 g/mol. The molecule has 1 aliphatic carbocycles. The number of nitrogen functional groups attached to an aromatic ring is 1. The Balaban J connectivity index is 1.30. The van der Waals surface area contributed by atoms with E-state index in [0.29, 0.717) is 26.6 Å². The summed E-state index contributed by atoms with van der Waals surface area (Å²) in [5, 5.41) is 23.5. The van der Waals surface area contributed by atoms with Crippen LogP contribution in [0.15, 0.2) is 29.4 Å². The third-order valence-electron chi connectivity index (χ3n) is 5.52. The highest BCUT2D eigenvalue weighted by molar-refractivity contribution is 7.99. The summed E-state index contributed by atoms with van der Waals surface area (Å²) in [7, 11) is 0. The molecular formula is C22H19ClN6OS3. The quantitative estimate of drug-likeness (QED) is 0.208. The van der Waals surface area contributed by atoms with E-state index in [1.165, 1.54) is 50.4 Å². The molecule has 0 radical (unpaired) electrons. The first kappa shape index (κ1) is 22.2. The largest absolute Gasteiger partial charge is 0.335 e. The van der Waals surface area contributed by atoms with Crippen LogP contribution < -0.4 is 11.2 Å². The molecular weight excluding hydrogens is 496 g/mol. The smallest absolute Gasteiger partial charge is 0.235 e. The number of hydrogen-bond donors (Lipinski definition) is 2. The number of anilines is 1. The number of nitrogens with zero attached hydrogens (tertiary/aromatic N) is 4. The number of rotatable bonds is 5. The Morgan fingerprint density at radius 2 is 2.06 bits per heavy atom. The van der Waals surface area contributed by atoms with Crippen LogP contribution in [0.2, 0.25) is 5.02 Å². The van der Waals surface area contributed by atoms with Gasteiger partial charge < -0.3 is 11.2 Å². The molecule has 0 saturated heterocycles. The minimum absolute atomic E-state index is 0.100. The van der Waals surface area contributed by atoms with Crippen LogP contribution in [-0.2, 0) is 17.6 Å². The topological polar surface area (TPSA) is 110 Å². The van der Waals surface area contributed by atoms with E-state index in [-0.39, 0.29) is 11.7 Å². The van der Waals surface area contributed by atoms with Gasteiger partial charge in [0.2, 0.25) is 11.1 Å². The van der Waals surface area contributed by atoms with Gasteiger partial charge in [-0.3, -0.25) is 4.79 Å². The van der Waals surface area contributed by atoms with Crippen molar-refractivity contribution in [2.24, 2.45) is 0 Å². The van der Waals surface area contributed by atoms with E-state index in [2.05, 4.69) is 21.6 Å². The van der Waals surface area contributed by atoms with Crippen molar-refractivity contribution in [3.63, 3.8) is 0 Å². The van der Waals surface area contributed by atoms with Crippen LogP contribution in [0.1, 0.15) is 35.3 Å². The third-order valence-corrected chi connectivity index (χ3v) is 9.34. The molecule has 1 aliphatic rings. The molecule has 1 aromatic carbocycles. The number of benzene rings is 1. The summed E-state index contributed by atoms with van der Waals surface area (Å²) in [4.78, 5) is 14.6. The molecule has 3 heterocycles. The molecule has 7 nitrogen and oxygen atoms in total. The summed E-state index contributed by atoms with van der Waals surface area (Å²) >= 11 is 10.8. The fraction of sp³-hybridized carbons (Fsp3) is 0.273. The number of nitrogens with one attached hydrogen (secondary N) is 1. The highest BCUT2D eigenvalue weighted by atomic mass is 35.5. The van der Waals surface area contributed by atoms with Gasteiger partial charge in [-0.05, 0) is 37.3 Å². The molecule has 11 heteroatoms. The number of carbonyl (C=O) groups excluding carboxylic acids is 1. The Kier molecular flexibility index (Phi) is 6.29. The maximum atomic E-state index is 12.6. The van der Waals surface area contributed by atoms with Crippen molar-refractivity contribution in [3.05, 3.63) is 45.3 Å². The zero-order valence-electron chi connectivity index (χ0n) is 17.4. The van der Waals surface area contributed by atoms with Gasteiger partial charge in [0, 0.05) is 15.0 Å². The van der Waals surface area contributed by atoms with Crippen molar-refractivity contribution in [1.29, 1.82) is 5.26 Å². The van der Waals surface area contributed by atoms with Gasteiger partial charge in [-0.1, -0.05) is 48.0 Å². The Morgan fingerprint density at radius 3 is 2.88 bits per heavy atom. The second-order valence-electron chi connectivity index (χ2n) is 7.63. The molecule has 3 N–H and O–H groups in total. The highest BCUT2D eigenvalue weighted by Gasteiger charge is 2.22. The van der Waals surface area contributed by atoms with E-state index in [0.717, 1.165) is 46.2 Å². The Hall–Kier alpha value is -2.58. The zero-order chi connectivity index (χ0) is 22.9. The van der Waals surface area contributed by atoms with Gasteiger partial charge in [0.15, 0.2) is 5.82 Å². The molecule has 33 heavy (non-hydrogen) atoms. The maximum Gasteiger partial charge on any atom is 0.235 e. The number of thioether (sulfide) groups is 1. The molecule has 0 saturated carbocycles. The Bertz CT molecular complexity index is 1400. The lowest BCUT2D eigenvalue weighted by molar-refractivity contribution is -0.113. The van der Waals surface area contributed by atoms with Crippen molar-refractivity contribution in [2.45, 2.75) is 37.3 Å². The normalized spacial score (nSPS) is 13.5. The molecule has 0 fully saturated rings. The molecule has 0 aliphatic heterocycles. The SMILES string of the molecule is N#Cc1c(NC(=O)CSc2nnc(-c3sc4ccccc4c3Cl)n2N)sc2c1CCCCC2. The number of halogens is 1. The standard InChI is InChI=1S/C22H19ClN6OS3/c23-18-13-7-4-5-9-16(13)32-19(18)20-27-28-22(29(20)25)31-11-17(30)26-21-14(10-24)12-6-2-1-3-8-15(12)33-21/h4-5,7,9H,1-3,6,8,11,25H2,(H,26,30). The maximum absolute atomic E-state index is 12.6. The summed E-state index contributed by atoms with van der Waals surface area (Å²) in [6.45, 7) is 0. The molecule has 168 valence electrons. The van der Waals surface area contributed by atoms with Crippen LogP contribution in [-0.4, -0.2) is 26.5 Å². The van der Waals surface area contributed by atoms with Gasteiger partial charge in [0.25, 0.3) is 0 Å². The molecule has 4 aromatic rings. The molecule has 5 rings (SSSR count). The van der Waals surface area contributed by atoms with Gasteiger partial charge in [0.05, 0.1) is 21.2 Å². The molecule has 1 amide bonds. The van der Waals surface area contributed by atoms with E-state index in [4.69, 9.17) is 17.4 Å². The predicted molar refractivity (Wildman–Crippen MR) is 136 cm³/mol. The lowest BCUT2D eigenvalue weighted by Gasteiger charge is -2.05. The van der Waals surface area contributed by atoms with Crippen LogP contribution in [0.25, 0.3) is 20.8 Å². The second kappa shape index (κ2) is 9.35. The first-order valence-corrected chi connectivity index (χ1v) is 13.4. The van der Waals surface area contributed by atoms with E-state index in [1.54, 1.807) is 0 Å². The summed E-state index contributed by atoms with van der Waals surface area (Å²) < 4.78 is 2.40. The summed E-state index contributed by atoms with van der Waals surface area (Å²) in [5.74, 6) is 6.58. The zero-order valence-corrected chi connectivity index (χ0v) is 20.6. The van der Waals surface area contributed by atoms with Gasteiger partial charge in [-0.15, -0.1) is 32.9 Å². The van der Waals surface area contributed by atoms with Gasteiger partial charge in [0.1, 0.15) is 11.1 Å². The van der Waals surface area contributed by atoms with E-state index in [9.17, 15) is 10.1 Å². The number of carbonyl (C=O) groups is 1. The minimum atomic E-state index is -0.211. The lowest BCUT2D eigenvalue weighted by Crippen LogP contribution is -2.16. The van der Waals surface area contributed by atoms with Gasteiger partial charge >= 0.3 is 0 Å². The second-order valence-corrected chi connectivity index (χ2v) is 11.1. The predicted octanol–water partition coefficient (Wildman–Crippen LogP) is 5.46. The highest BCUT2D eigenvalue weighted by Crippen LogP contribution is 2.41. The van der Waals surface area contributed by atoms with Crippen LogP contribution in [0, 0.1) is 11.3 Å².